The maximum atomic E-state index is 12.8. The summed E-state index contributed by atoms with van der Waals surface area (Å²) >= 11 is 0. The van der Waals surface area contributed by atoms with Gasteiger partial charge in [0.25, 0.3) is 11.8 Å². The number of nitrogens with zero attached hydrogens (tertiary/aromatic N) is 4. The van der Waals surface area contributed by atoms with E-state index in [2.05, 4.69) is 31.0 Å². The Morgan fingerprint density at radius 2 is 1.59 bits per heavy atom. The lowest BCUT2D eigenvalue weighted by molar-refractivity contribution is -0.121. The molecule has 0 saturated carbocycles. The van der Waals surface area contributed by atoms with E-state index in [4.69, 9.17) is 0 Å². The van der Waals surface area contributed by atoms with Crippen molar-refractivity contribution < 1.29 is 14.4 Å². The Kier molecular flexibility index (Phi) is 7.63. The van der Waals surface area contributed by atoms with E-state index < -0.39 is 0 Å². The van der Waals surface area contributed by atoms with Crippen LogP contribution in [0.1, 0.15) is 20.8 Å². The zero-order valence-electron chi connectivity index (χ0n) is 20.9. The standard InChI is InChI=1S/C29H25N7O3/c37-27(31-15-16-32-28(38)21-5-2-1-3-6-21)19-36-18-22-17-23(9-10-25(22)35-36)33-29(39)26-8-4-7-24(34-26)20-11-13-30-14-12-20/h1-14,17-18H,15-16,19H2,(H,31,37)(H,32,38)(H,33,39). The molecule has 10 nitrogen and oxygen atoms in total. The van der Waals surface area contributed by atoms with Crippen molar-refractivity contribution in [3.05, 3.63) is 109 Å². The van der Waals surface area contributed by atoms with Crippen LogP contribution in [0.2, 0.25) is 0 Å². The summed E-state index contributed by atoms with van der Waals surface area (Å²) in [6.45, 7) is 0.628. The molecule has 3 heterocycles. The topological polar surface area (TPSA) is 131 Å². The molecule has 0 atom stereocenters. The zero-order valence-corrected chi connectivity index (χ0v) is 20.9. The third-order valence-corrected chi connectivity index (χ3v) is 5.84. The number of anilines is 1. The second-order valence-corrected chi connectivity index (χ2v) is 8.67. The van der Waals surface area contributed by atoms with Gasteiger partial charge in [0.05, 0.1) is 11.2 Å². The van der Waals surface area contributed by atoms with Gasteiger partial charge in [-0.3, -0.25) is 24.0 Å². The van der Waals surface area contributed by atoms with Crippen LogP contribution in [-0.2, 0) is 11.3 Å². The van der Waals surface area contributed by atoms with Crippen molar-refractivity contribution in [2.45, 2.75) is 6.54 Å². The van der Waals surface area contributed by atoms with Crippen molar-refractivity contribution in [1.29, 1.82) is 0 Å². The molecule has 2 aromatic carbocycles. The molecule has 3 amide bonds. The van der Waals surface area contributed by atoms with Gasteiger partial charge < -0.3 is 16.0 Å². The fourth-order valence-electron chi connectivity index (χ4n) is 3.95. The second-order valence-electron chi connectivity index (χ2n) is 8.67. The molecule has 194 valence electrons. The highest BCUT2D eigenvalue weighted by atomic mass is 16.2. The Bertz CT molecular complexity index is 1620. The van der Waals surface area contributed by atoms with E-state index in [9.17, 15) is 14.4 Å². The van der Waals surface area contributed by atoms with Crippen LogP contribution in [0.25, 0.3) is 22.2 Å². The Hall–Kier alpha value is -5.38. The molecule has 0 spiro atoms. The number of hydrogen-bond acceptors (Lipinski definition) is 6. The SMILES string of the molecule is O=C(Cn1cc2cc(NC(=O)c3cccc(-c4ccncc4)n3)ccc2n1)NCCNC(=O)c1ccccc1. The van der Waals surface area contributed by atoms with Crippen molar-refractivity contribution in [2.24, 2.45) is 0 Å². The van der Waals surface area contributed by atoms with E-state index in [1.165, 1.54) is 4.68 Å². The molecular formula is C29H25N7O3. The van der Waals surface area contributed by atoms with E-state index in [0.717, 1.165) is 10.9 Å². The fourth-order valence-corrected chi connectivity index (χ4v) is 3.95. The van der Waals surface area contributed by atoms with Crippen LogP contribution in [0.15, 0.2) is 97.5 Å². The highest BCUT2D eigenvalue weighted by Gasteiger charge is 2.12. The van der Waals surface area contributed by atoms with E-state index in [1.807, 2.05) is 24.3 Å². The number of pyridine rings is 2. The number of aromatic nitrogens is 4. The molecule has 5 rings (SSSR count). The van der Waals surface area contributed by atoms with Crippen LogP contribution < -0.4 is 16.0 Å². The number of carbonyl (C=O) groups excluding carboxylic acids is 3. The molecule has 10 heteroatoms. The lowest BCUT2D eigenvalue weighted by Crippen LogP contribution is -2.36. The third kappa shape index (κ3) is 6.50. The lowest BCUT2D eigenvalue weighted by Gasteiger charge is -2.07. The largest absolute Gasteiger partial charge is 0.353 e. The summed E-state index contributed by atoms with van der Waals surface area (Å²) < 4.78 is 1.54. The van der Waals surface area contributed by atoms with Gasteiger partial charge in [-0.1, -0.05) is 24.3 Å². The first-order chi connectivity index (χ1) is 19.0. The lowest BCUT2D eigenvalue weighted by atomic mass is 10.1. The molecule has 3 aromatic heterocycles. The first kappa shape index (κ1) is 25.3. The van der Waals surface area contributed by atoms with Gasteiger partial charge in [0.2, 0.25) is 5.91 Å². The van der Waals surface area contributed by atoms with E-state index in [-0.39, 0.29) is 30.0 Å². The molecule has 0 aliphatic carbocycles. The minimum absolute atomic E-state index is 0.0225. The Morgan fingerprint density at radius 1 is 0.795 bits per heavy atom. The van der Waals surface area contributed by atoms with Crippen LogP contribution in [-0.4, -0.2) is 50.6 Å². The van der Waals surface area contributed by atoms with Crippen molar-refractivity contribution in [2.75, 3.05) is 18.4 Å². The fraction of sp³-hybridized carbons (Fsp3) is 0.103. The molecular weight excluding hydrogens is 494 g/mol. The summed E-state index contributed by atoms with van der Waals surface area (Å²) in [5.74, 6) is -0.759. The van der Waals surface area contributed by atoms with Gasteiger partial charge in [0.15, 0.2) is 0 Å². The Morgan fingerprint density at radius 3 is 2.41 bits per heavy atom. The quantitative estimate of drug-likeness (QED) is 0.256. The average Bonchev–Trinajstić information content (AvgIpc) is 3.37. The van der Waals surface area contributed by atoms with E-state index in [0.29, 0.717) is 35.6 Å². The Labute approximate surface area is 224 Å². The van der Waals surface area contributed by atoms with Crippen LogP contribution >= 0.6 is 0 Å². The molecule has 0 fully saturated rings. The van der Waals surface area contributed by atoms with E-state index >= 15 is 0 Å². The number of hydrogen-bond donors (Lipinski definition) is 3. The molecule has 0 radical (unpaired) electrons. The second kappa shape index (κ2) is 11.8. The van der Waals surface area contributed by atoms with Gasteiger partial charge in [-0.05, 0) is 54.6 Å². The maximum absolute atomic E-state index is 12.8. The smallest absolute Gasteiger partial charge is 0.274 e. The van der Waals surface area contributed by atoms with Crippen LogP contribution in [0.4, 0.5) is 5.69 Å². The van der Waals surface area contributed by atoms with Gasteiger partial charge in [-0.15, -0.1) is 0 Å². The number of benzene rings is 2. The zero-order chi connectivity index (χ0) is 27.0. The van der Waals surface area contributed by atoms with Crippen molar-refractivity contribution >= 4 is 34.3 Å². The molecule has 0 unspecified atom stereocenters. The number of nitrogens with one attached hydrogen (secondary N) is 3. The summed E-state index contributed by atoms with van der Waals surface area (Å²) in [7, 11) is 0. The van der Waals surface area contributed by atoms with Gasteiger partial charge in [-0.2, -0.15) is 5.10 Å². The maximum Gasteiger partial charge on any atom is 0.274 e. The van der Waals surface area contributed by atoms with Gasteiger partial charge in [0, 0.05) is 53.9 Å². The van der Waals surface area contributed by atoms with E-state index in [1.54, 1.807) is 73.2 Å². The number of rotatable bonds is 9. The minimum atomic E-state index is -0.337. The van der Waals surface area contributed by atoms with Crippen LogP contribution in [0.5, 0.6) is 0 Å². The van der Waals surface area contributed by atoms with Crippen LogP contribution in [0, 0.1) is 0 Å². The summed E-state index contributed by atoms with van der Waals surface area (Å²) in [6, 6.07) is 23.1. The number of carbonyl (C=O) groups is 3. The molecule has 0 saturated heterocycles. The average molecular weight is 520 g/mol. The first-order valence-electron chi connectivity index (χ1n) is 12.3. The van der Waals surface area contributed by atoms with Crippen molar-refractivity contribution in [3.8, 4) is 11.3 Å². The molecule has 3 N–H and O–H groups in total. The van der Waals surface area contributed by atoms with Gasteiger partial charge >= 0.3 is 0 Å². The highest BCUT2D eigenvalue weighted by molar-refractivity contribution is 6.04. The Balaban J connectivity index is 1.15. The monoisotopic (exact) mass is 519 g/mol. The highest BCUT2D eigenvalue weighted by Crippen LogP contribution is 2.20. The number of fused-ring (bicyclic) bond motifs is 1. The van der Waals surface area contributed by atoms with Gasteiger partial charge in [-0.25, -0.2) is 4.98 Å². The van der Waals surface area contributed by atoms with Crippen LogP contribution in [0.3, 0.4) is 0 Å². The first-order valence-corrected chi connectivity index (χ1v) is 12.3. The molecule has 0 bridgehead atoms. The van der Waals surface area contributed by atoms with Gasteiger partial charge in [0.1, 0.15) is 12.2 Å². The summed E-state index contributed by atoms with van der Waals surface area (Å²) in [6.07, 6.45) is 5.09. The number of amides is 3. The summed E-state index contributed by atoms with van der Waals surface area (Å²) in [5, 5.41) is 13.6. The molecule has 0 aliphatic rings. The summed E-state index contributed by atoms with van der Waals surface area (Å²) in [4.78, 5) is 45.7. The normalized spacial score (nSPS) is 10.7. The van der Waals surface area contributed by atoms with Crippen molar-refractivity contribution in [1.82, 2.24) is 30.4 Å². The third-order valence-electron chi connectivity index (χ3n) is 5.84. The van der Waals surface area contributed by atoms with Crippen molar-refractivity contribution in [3.63, 3.8) is 0 Å². The predicted molar refractivity (Wildman–Crippen MR) is 147 cm³/mol. The molecule has 0 aliphatic heterocycles. The minimum Gasteiger partial charge on any atom is -0.353 e. The summed E-state index contributed by atoms with van der Waals surface area (Å²) in [5.41, 5.74) is 3.68. The molecule has 39 heavy (non-hydrogen) atoms. The molecule has 5 aromatic rings. The predicted octanol–water partition coefficient (Wildman–Crippen LogP) is 3.29.